The van der Waals surface area contributed by atoms with E-state index in [1.807, 2.05) is 6.92 Å². The fraction of sp³-hybridized carbons (Fsp3) is 0.462. The highest BCUT2D eigenvalue weighted by Crippen LogP contribution is 2.20. The van der Waals surface area contributed by atoms with Gasteiger partial charge < -0.3 is 19.8 Å². The van der Waals surface area contributed by atoms with Crippen LogP contribution in [0, 0.1) is 12.8 Å². The van der Waals surface area contributed by atoms with Crippen molar-refractivity contribution in [2.24, 2.45) is 5.92 Å². The number of hydrogen-bond donors (Lipinski definition) is 3. The van der Waals surface area contributed by atoms with Gasteiger partial charge in [0.25, 0.3) is 11.5 Å². The van der Waals surface area contributed by atoms with Crippen molar-refractivity contribution in [2.75, 3.05) is 6.61 Å². The first-order valence-corrected chi connectivity index (χ1v) is 6.34. The van der Waals surface area contributed by atoms with Gasteiger partial charge in [-0.2, -0.15) is 0 Å². The van der Waals surface area contributed by atoms with E-state index in [4.69, 9.17) is 9.52 Å². The number of amides is 1. The molecule has 2 unspecified atom stereocenters. The summed E-state index contributed by atoms with van der Waals surface area (Å²) in [5.74, 6) is -0.160. The van der Waals surface area contributed by atoms with Crippen LogP contribution in [0.1, 0.15) is 30.0 Å². The summed E-state index contributed by atoms with van der Waals surface area (Å²) in [5, 5.41) is 12.0. The summed E-state index contributed by atoms with van der Waals surface area (Å²) in [5.41, 5.74) is -0.0922. The summed E-state index contributed by atoms with van der Waals surface area (Å²) in [6.07, 6.45) is 1.23. The van der Waals surface area contributed by atoms with Crippen LogP contribution in [0.2, 0.25) is 0 Å². The molecule has 0 bridgehead atoms. The number of aryl methyl sites for hydroxylation is 1. The lowest BCUT2D eigenvalue weighted by molar-refractivity contribution is 0.0916. The number of furan rings is 1. The molecule has 7 heteroatoms. The zero-order chi connectivity index (χ0) is 14.9. The Morgan fingerprint density at radius 2 is 2.25 bits per heavy atom. The molecular weight excluding hydrogens is 262 g/mol. The molecule has 2 aromatic heterocycles. The summed E-state index contributed by atoms with van der Waals surface area (Å²) in [6.45, 7) is 5.18. The van der Waals surface area contributed by atoms with E-state index in [2.05, 4.69) is 15.3 Å². The van der Waals surface area contributed by atoms with Gasteiger partial charge in [-0.05, 0) is 19.8 Å². The van der Waals surface area contributed by atoms with E-state index < -0.39 is 11.5 Å². The van der Waals surface area contributed by atoms with E-state index in [0.717, 1.165) is 0 Å². The molecule has 0 aliphatic heterocycles. The first-order valence-electron chi connectivity index (χ1n) is 6.34. The topological polar surface area (TPSA) is 108 Å². The van der Waals surface area contributed by atoms with Crippen molar-refractivity contribution in [1.29, 1.82) is 0 Å². The molecule has 7 nitrogen and oxygen atoms in total. The van der Waals surface area contributed by atoms with Gasteiger partial charge in [-0.1, -0.05) is 6.92 Å². The molecule has 108 valence electrons. The summed E-state index contributed by atoms with van der Waals surface area (Å²) < 4.78 is 5.33. The largest absolute Gasteiger partial charge is 0.442 e. The van der Waals surface area contributed by atoms with Gasteiger partial charge in [0.15, 0.2) is 0 Å². The number of nitrogens with one attached hydrogen (secondary N) is 2. The average molecular weight is 279 g/mol. The lowest BCUT2D eigenvalue weighted by Crippen LogP contribution is -2.38. The lowest BCUT2D eigenvalue weighted by atomic mass is 10.0. The smallest absolute Gasteiger partial charge is 0.262 e. The average Bonchev–Trinajstić information content (AvgIpc) is 2.75. The maximum atomic E-state index is 12.3. The Morgan fingerprint density at radius 1 is 1.55 bits per heavy atom. The molecule has 2 rings (SSSR count). The molecule has 0 saturated carbocycles. The van der Waals surface area contributed by atoms with Crippen LogP contribution in [0.25, 0.3) is 11.1 Å². The Labute approximate surface area is 115 Å². The van der Waals surface area contributed by atoms with Gasteiger partial charge in [0.2, 0.25) is 5.71 Å². The molecular formula is C13H17N3O4. The minimum atomic E-state index is -0.417. The molecule has 2 atom stereocenters. The zero-order valence-electron chi connectivity index (χ0n) is 11.6. The molecule has 0 aliphatic carbocycles. The minimum Gasteiger partial charge on any atom is -0.442 e. The number of aromatic nitrogens is 2. The molecule has 0 aromatic carbocycles. The van der Waals surface area contributed by atoms with E-state index in [9.17, 15) is 9.59 Å². The summed E-state index contributed by atoms with van der Waals surface area (Å²) >= 11 is 0. The maximum absolute atomic E-state index is 12.3. The highest BCUT2D eigenvalue weighted by molar-refractivity contribution is 6.06. The number of nitrogens with zero attached hydrogens (tertiary/aromatic N) is 1. The number of carbonyl (C=O) groups is 1. The summed E-state index contributed by atoms with van der Waals surface area (Å²) in [4.78, 5) is 30.4. The van der Waals surface area contributed by atoms with Crippen molar-refractivity contribution in [2.45, 2.75) is 26.8 Å². The number of aliphatic hydroxyl groups is 1. The predicted molar refractivity (Wildman–Crippen MR) is 72.5 cm³/mol. The third-order valence-electron chi connectivity index (χ3n) is 3.40. The van der Waals surface area contributed by atoms with Crippen LogP contribution in [-0.4, -0.2) is 33.6 Å². The van der Waals surface area contributed by atoms with Crippen LogP contribution < -0.4 is 10.9 Å². The van der Waals surface area contributed by atoms with E-state index >= 15 is 0 Å². The lowest BCUT2D eigenvalue weighted by Gasteiger charge is -2.18. The van der Waals surface area contributed by atoms with Crippen LogP contribution in [0.5, 0.6) is 0 Å². The van der Waals surface area contributed by atoms with Crippen LogP contribution in [0.4, 0.5) is 0 Å². The third-order valence-corrected chi connectivity index (χ3v) is 3.40. The molecule has 3 N–H and O–H groups in total. The second kappa shape index (κ2) is 5.46. The normalized spacial score (nSPS) is 14.2. The predicted octanol–water partition coefficient (Wildman–Crippen LogP) is 0.571. The zero-order valence-corrected chi connectivity index (χ0v) is 11.6. The highest BCUT2D eigenvalue weighted by Gasteiger charge is 2.23. The van der Waals surface area contributed by atoms with Crippen molar-refractivity contribution in [3.63, 3.8) is 0 Å². The van der Waals surface area contributed by atoms with E-state index in [0.29, 0.717) is 5.76 Å². The molecule has 2 heterocycles. The standard InChI is InChI=1S/C13H17N3O4/c1-6(4-17)7(2)16-12(19)9-8(3)20-13-10(9)11(18)14-5-15-13/h5-7,17H,4H2,1-3H3,(H,16,19)(H,14,15,18). The molecule has 0 radical (unpaired) electrons. The Bertz CT molecular complexity index is 688. The number of H-pyrrole nitrogens is 1. The second-order valence-electron chi connectivity index (χ2n) is 4.87. The molecule has 0 fully saturated rings. The van der Waals surface area contributed by atoms with E-state index in [1.165, 1.54) is 6.33 Å². The Hall–Kier alpha value is -2.15. The molecule has 0 aliphatic rings. The third kappa shape index (κ3) is 2.44. The van der Waals surface area contributed by atoms with Crippen LogP contribution in [0.3, 0.4) is 0 Å². The fourth-order valence-corrected chi connectivity index (χ4v) is 1.91. The fourth-order valence-electron chi connectivity index (χ4n) is 1.91. The first kappa shape index (κ1) is 14.3. The molecule has 0 spiro atoms. The van der Waals surface area contributed by atoms with E-state index in [1.54, 1.807) is 13.8 Å². The van der Waals surface area contributed by atoms with Gasteiger partial charge >= 0.3 is 0 Å². The van der Waals surface area contributed by atoms with Crippen molar-refractivity contribution < 1.29 is 14.3 Å². The van der Waals surface area contributed by atoms with Gasteiger partial charge in [-0.25, -0.2) is 4.98 Å². The SMILES string of the molecule is Cc1oc2nc[nH]c(=O)c2c1C(=O)NC(C)C(C)CO. The monoisotopic (exact) mass is 279 g/mol. The maximum Gasteiger partial charge on any atom is 0.262 e. The van der Waals surface area contributed by atoms with Crippen LogP contribution in [0.15, 0.2) is 15.5 Å². The van der Waals surface area contributed by atoms with Crippen molar-refractivity contribution in [3.8, 4) is 0 Å². The minimum absolute atomic E-state index is 0.0330. The highest BCUT2D eigenvalue weighted by atomic mass is 16.3. The van der Waals surface area contributed by atoms with Gasteiger partial charge in [0.1, 0.15) is 11.1 Å². The Kier molecular flexibility index (Phi) is 3.89. The van der Waals surface area contributed by atoms with E-state index in [-0.39, 0.29) is 35.2 Å². The number of aromatic amines is 1. The van der Waals surface area contributed by atoms with Crippen molar-refractivity contribution in [1.82, 2.24) is 15.3 Å². The van der Waals surface area contributed by atoms with Gasteiger partial charge in [-0.3, -0.25) is 9.59 Å². The Morgan fingerprint density at radius 3 is 2.90 bits per heavy atom. The molecule has 1 amide bonds. The number of hydrogen-bond acceptors (Lipinski definition) is 5. The molecule has 20 heavy (non-hydrogen) atoms. The second-order valence-corrected chi connectivity index (χ2v) is 4.87. The van der Waals surface area contributed by atoms with Crippen LogP contribution >= 0.6 is 0 Å². The number of carbonyl (C=O) groups excluding carboxylic acids is 1. The van der Waals surface area contributed by atoms with Crippen molar-refractivity contribution >= 4 is 17.0 Å². The molecule has 0 saturated heterocycles. The number of aliphatic hydroxyl groups excluding tert-OH is 1. The Balaban J connectivity index is 2.40. The number of rotatable bonds is 4. The molecule has 2 aromatic rings. The van der Waals surface area contributed by atoms with Crippen LogP contribution in [-0.2, 0) is 0 Å². The van der Waals surface area contributed by atoms with Crippen molar-refractivity contribution in [3.05, 3.63) is 28.0 Å². The summed E-state index contributed by atoms with van der Waals surface area (Å²) in [6, 6.07) is -0.229. The van der Waals surface area contributed by atoms with Gasteiger partial charge in [0.05, 0.1) is 11.9 Å². The van der Waals surface area contributed by atoms with Gasteiger partial charge in [-0.15, -0.1) is 0 Å². The number of fused-ring (bicyclic) bond motifs is 1. The van der Waals surface area contributed by atoms with Gasteiger partial charge in [0, 0.05) is 12.6 Å². The first-order chi connectivity index (χ1) is 9.45. The quantitative estimate of drug-likeness (QED) is 0.758. The summed E-state index contributed by atoms with van der Waals surface area (Å²) in [7, 11) is 0.